The van der Waals surface area contributed by atoms with Crippen molar-refractivity contribution in [1.29, 1.82) is 0 Å². The Bertz CT molecular complexity index is 2430. The van der Waals surface area contributed by atoms with Crippen LogP contribution in [0.15, 0.2) is 149 Å². The van der Waals surface area contributed by atoms with Crippen LogP contribution in [0.25, 0.3) is 22.3 Å². The molecule has 1 nitrogen and oxygen atoms in total. The highest BCUT2D eigenvalue weighted by atomic mass is 32.2. The molecule has 0 radical (unpaired) electrons. The van der Waals surface area contributed by atoms with E-state index in [9.17, 15) is 0 Å². The summed E-state index contributed by atoms with van der Waals surface area (Å²) >= 11 is 2.04. The van der Waals surface area contributed by atoms with E-state index in [4.69, 9.17) is 0 Å². The smallest absolute Gasteiger partial charge is 0.0610 e. The van der Waals surface area contributed by atoms with E-state index in [1.54, 1.807) is 11.1 Å². The zero-order valence-corrected chi connectivity index (χ0v) is 34.2. The molecule has 4 fully saturated rings. The van der Waals surface area contributed by atoms with Crippen molar-refractivity contribution >= 4 is 28.8 Å². The van der Waals surface area contributed by atoms with E-state index in [0.29, 0.717) is 11.8 Å². The zero-order valence-electron chi connectivity index (χ0n) is 33.4. The quantitative estimate of drug-likeness (QED) is 0.173. The Morgan fingerprint density at radius 2 is 1.05 bits per heavy atom. The first-order valence-electron chi connectivity index (χ1n) is 21.3. The Morgan fingerprint density at radius 3 is 1.73 bits per heavy atom. The molecule has 1 spiro atoms. The maximum atomic E-state index is 2.70. The molecule has 1 aliphatic heterocycles. The van der Waals surface area contributed by atoms with Crippen molar-refractivity contribution in [3.63, 3.8) is 0 Å². The maximum Gasteiger partial charge on any atom is 0.0610 e. The molecule has 0 atom stereocenters. The molecule has 0 aromatic heterocycles. The standard InChI is InChI=1S/C54H53NS/c1-52(2)26-27-53(3,4)50-45(52)19-13-20-47(50)55(43-24-22-39(23-25-43)37-14-7-5-8-15-37)48-34-40(38-16-9-6-10-17-38)33-46-51(48)56-49-21-12-11-18-44(49)54(46)41-29-35-28-36(31-41)32-42(54)30-35/h5-25,33-36,41-42H,26-32H2,1-4H3. The average molecular weight is 748 g/mol. The predicted molar refractivity (Wildman–Crippen MR) is 236 cm³/mol. The minimum Gasteiger partial charge on any atom is -0.309 e. The Morgan fingerprint density at radius 1 is 0.482 bits per heavy atom. The lowest BCUT2D eigenvalue weighted by Crippen LogP contribution is -2.57. The number of fused-ring (bicyclic) bond motifs is 3. The number of hydrogen-bond acceptors (Lipinski definition) is 2. The van der Waals surface area contributed by atoms with Gasteiger partial charge in [0, 0.05) is 20.9 Å². The lowest BCUT2D eigenvalue weighted by molar-refractivity contribution is -0.0443. The van der Waals surface area contributed by atoms with E-state index in [-0.39, 0.29) is 16.2 Å². The highest BCUT2D eigenvalue weighted by Crippen LogP contribution is 2.70. The molecule has 0 saturated heterocycles. The van der Waals surface area contributed by atoms with Crippen LogP contribution >= 0.6 is 11.8 Å². The van der Waals surface area contributed by atoms with Gasteiger partial charge in [-0.2, -0.15) is 0 Å². The van der Waals surface area contributed by atoms with Crippen molar-refractivity contribution in [3.05, 3.63) is 162 Å². The molecule has 56 heavy (non-hydrogen) atoms. The summed E-state index contributed by atoms with van der Waals surface area (Å²) in [7, 11) is 0. The number of hydrogen-bond donors (Lipinski definition) is 0. The maximum absolute atomic E-state index is 2.70. The van der Waals surface area contributed by atoms with Gasteiger partial charge >= 0.3 is 0 Å². The van der Waals surface area contributed by atoms with Gasteiger partial charge in [0.15, 0.2) is 0 Å². The molecule has 0 unspecified atom stereocenters. The van der Waals surface area contributed by atoms with Gasteiger partial charge in [0.1, 0.15) is 0 Å². The monoisotopic (exact) mass is 747 g/mol. The van der Waals surface area contributed by atoms with E-state index in [0.717, 1.165) is 11.8 Å². The predicted octanol–water partition coefficient (Wildman–Crippen LogP) is 15.0. The van der Waals surface area contributed by atoms with Crippen molar-refractivity contribution in [2.24, 2.45) is 23.7 Å². The van der Waals surface area contributed by atoms with Gasteiger partial charge < -0.3 is 4.90 Å². The Balaban J connectivity index is 1.22. The molecule has 1 heterocycles. The summed E-state index contributed by atoms with van der Waals surface area (Å²) in [6.45, 7) is 9.91. The van der Waals surface area contributed by atoms with Crippen molar-refractivity contribution < 1.29 is 0 Å². The van der Waals surface area contributed by atoms with Crippen LogP contribution in [-0.4, -0.2) is 0 Å². The molecule has 6 aromatic rings. The first-order valence-corrected chi connectivity index (χ1v) is 22.1. The molecule has 2 heteroatoms. The molecule has 4 bridgehead atoms. The van der Waals surface area contributed by atoms with Crippen LogP contribution in [0.5, 0.6) is 0 Å². The van der Waals surface area contributed by atoms with Gasteiger partial charge in [-0.25, -0.2) is 0 Å². The van der Waals surface area contributed by atoms with Crippen molar-refractivity contribution in [2.45, 2.75) is 98.7 Å². The SMILES string of the molecule is CC1(C)CCC(C)(C)c2c(N(c3ccc(-c4ccccc4)cc3)c3cc(-c4ccccc4)cc4c3Sc3ccccc3C43C4CC5CC(C4)CC3C5)cccc21. The molecule has 280 valence electrons. The third-order valence-corrected chi connectivity index (χ3v) is 16.3. The van der Waals surface area contributed by atoms with Gasteiger partial charge in [-0.05, 0) is 160 Å². The molecule has 0 N–H and O–H groups in total. The van der Waals surface area contributed by atoms with Crippen LogP contribution in [0.3, 0.4) is 0 Å². The van der Waals surface area contributed by atoms with Crippen LogP contribution in [0.4, 0.5) is 17.1 Å². The third-order valence-electron chi connectivity index (χ3n) is 15.1. The zero-order chi connectivity index (χ0) is 37.8. The van der Waals surface area contributed by atoms with Gasteiger partial charge in [-0.15, -0.1) is 0 Å². The second kappa shape index (κ2) is 12.7. The van der Waals surface area contributed by atoms with Crippen LogP contribution in [0.2, 0.25) is 0 Å². The van der Waals surface area contributed by atoms with Gasteiger partial charge in [-0.1, -0.05) is 143 Å². The van der Waals surface area contributed by atoms with E-state index < -0.39 is 0 Å². The second-order valence-corrected chi connectivity index (χ2v) is 20.3. The van der Waals surface area contributed by atoms with Crippen molar-refractivity contribution in [2.75, 3.05) is 4.90 Å². The average Bonchev–Trinajstić information content (AvgIpc) is 3.22. The normalized spacial score (nSPS) is 26.0. The fourth-order valence-electron chi connectivity index (χ4n) is 12.7. The van der Waals surface area contributed by atoms with Crippen LogP contribution in [0, 0.1) is 23.7 Å². The summed E-state index contributed by atoms with van der Waals surface area (Å²) in [5, 5.41) is 0. The molecule has 6 aliphatic rings. The lowest BCUT2D eigenvalue weighted by atomic mass is 9.42. The topological polar surface area (TPSA) is 3.24 Å². The number of rotatable bonds is 5. The number of benzene rings is 6. The molecule has 12 rings (SSSR count). The van der Waals surface area contributed by atoms with Crippen LogP contribution in [-0.2, 0) is 16.2 Å². The molecule has 5 aliphatic carbocycles. The van der Waals surface area contributed by atoms with E-state index in [1.165, 1.54) is 105 Å². The van der Waals surface area contributed by atoms with Crippen LogP contribution in [0.1, 0.15) is 94.9 Å². The van der Waals surface area contributed by atoms with Crippen molar-refractivity contribution in [1.82, 2.24) is 0 Å². The molecule has 0 amide bonds. The fraction of sp³-hybridized carbons (Fsp3) is 0.333. The van der Waals surface area contributed by atoms with Crippen molar-refractivity contribution in [3.8, 4) is 22.3 Å². The molecular formula is C54H53NS. The summed E-state index contributed by atoms with van der Waals surface area (Å²) in [6, 6.07) is 53.6. The summed E-state index contributed by atoms with van der Waals surface area (Å²) in [5.74, 6) is 3.15. The Hall–Kier alpha value is -4.53. The lowest BCUT2D eigenvalue weighted by Gasteiger charge is -2.63. The molecular weight excluding hydrogens is 695 g/mol. The summed E-state index contributed by atoms with van der Waals surface area (Å²) in [5.41, 5.74) is 15.4. The molecule has 4 saturated carbocycles. The molecule has 6 aromatic carbocycles. The van der Waals surface area contributed by atoms with E-state index in [2.05, 4.69) is 172 Å². The minimum absolute atomic E-state index is 0.0309. The Labute approximate surface area is 338 Å². The van der Waals surface area contributed by atoms with Gasteiger partial charge in [0.05, 0.1) is 11.4 Å². The van der Waals surface area contributed by atoms with Crippen LogP contribution < -0.4 is 4.90 Å². The van der Waals surface area contributed by atoms with E-state index in [1.807, 2.05) is 11.8 Å². The summed E-state index contributed by atoms with van der Waals surface area (Å²) < 4.78 is 0. The fourth-order valence-corrected chi connectivity index (χ4v) is 14.0. The minimum atomic E-state index is 0.0309. The summed E-state index contributed by atoms with van der Waals surface area (Å²) in [4.78, 5) is 5.64. The third kappa shape index (κ3) is 5.20. The van der Waals surface area contributed by atoms with Gasteiger partial charge in [0.25, 0.3) is 0 Å². The van der Waals surface area contributed by atoms with Gasteiger partial charge in [-0.3, -0.25) is 0 Å². The largest absolute Gasteiger partial charge is 0.309 e. The Kier molecular flexibility index (Phi) is 7.89. The summed E-state index contributed by atoms with van der Waals surface area (Å²) in [6.07, 6.45) is 9.31. The van der Waals surface area contributed by atoms with Gasteiger partial charge in [0.2, 0.25) is 0 Å². The highest BCUT2D eigenvalue weighted by Gasteiger charge is 2.61. The second-order valence-electron chi connectivity index (χ2n) is 19.2. The number of nitrogens with zero attached hydrogens (tertiary/aromatic N) is 1. The van der Waals surface area contributed by atoms with E-state index >= 15 is 0 Å². The first kappa shape index (κ1) is 34.7. The number of anilines is 3. The highest BCUT2D eigenvalue weighted by molar-refractivity contribution is 7.99. The first-order chi connectivity index (χ1) is 27.2.